The van der Waals surface area contributed by atoms with Crippen molar-refractivity contribution in [1.29, 1.82) is 0 Å². The minimum absolute atomic E-state index is 0.161. The largest absolute Gasteiger partial charge is 0.455 e. The zero-order valence-corrected chi connectivity index (χ0v) is 16.4. The fraction of sp³-hybridized carbons (Fsp3) is 0.100. The van der Waals surface area contributed by atoms with Crippen molar-refractivity contribution in [2.24, 2.45) is 0 Å². The van der Waals surface area contributed by atoms with Crippen LogP contribution in [0, 0.1) is 6.92 Å². The van der Waals surface area contributed by atoms with Crippen LogP contribution in [0.3, 0.4) is 0 Å². The second-order valence-corrected chi connectivity index (χ2v) is 8.70. The number of furan rings is 1. The average Bonchev–Trinajstić information content (AvgIpc) is 3.31. The number of nitrogens with zero attached hydrogens (tertiary/aromatic N) is 2. The summed E-state index contributed by atoms with van der Waals surface area (Å²) in [7, 11) is -3.52. The smallest absolute Gasteiger partial charge is 0.293 e. The van der Waals surface area contributed by atoms with Gasteiger partial charge in [-0.3, -0.25) is 0 Å². The minimum Gasteiger partial charge on any atom is -0.455 e. The van der Waals surface area contributed by atoms with Crippen LogP contribution in [0.2, 0.25) is 5.02 Å². The van der Waals surface area contributed by atoms with Gasteiger partial charge >= 0.3 is 0 Å². The molecule has 0 radical (unpaired) electrons. The Morgan fingerprint density at radius 3 is 2.57 bits per heavy atom. The molecule has 4 rings (SSSR count). The number of sulfone groups is 1. The topological polar surface area (TPSA) is 86.2 Å². The molecule has 0 spiro atoms. The summed E-state index contributed by atoms with van der Waals surface area (Å²) in [6.45, 7) is 1.90. The van der Waals surface area contributed by atoms with Crippen molar-refractivity contribution >= 4 is 21.4 Å². The molecule has 2 aromatic carbocycles. The molecule has 0 fully saturated rings. The summed E-state index contributed by atoms with van der Waals surface area (Å²) >= 11 is 5.98. The summed E-state index contributed by atoms with van der Waals surface area (Å²) in [5.74, 6) is 0.857. The van der Waals surface area contributed by atoms with Crippen LogP contribution in [0.5, 0.6) is 0 Å². The summed E-state index contributed by atoms with van der Waals surface area (Å²) in [5, 5.41) is 4.48. The highest BCUT2D eigenvalue weighted by molar-refractivity contribution is 7.90. The third kappa shape index (κ3) is 3.85. The van der Waals surface area contributed by atoms with E-state index in [1.54, 1.807) is 54.6 Å². The Morgan fingerprint density at radius 2 is 1.82 bits per heavy atom. The lowest BCUT2D eigenvalue weighted by Gasteiger charge is -2.02. The van der Waals surface area contributed by atoms with Crippen LogP contribution >= 0.6 is 11.6 Å². The van der Waals surface area contributed by atoms with Gasteiger partial charge in [0.25, 0.3) is 5.89 Å². The van der Waals surface area contributed by atoms with E-state index in [-0.39, 0.29) is 22.3 Å². The predicted octanol–water partition coefficient (Wildman–Crippen LogP) is 4.93. The van der Waals surface area contributed by atoms with Gasteiger partial charge < -0.3 is 8.94 Å². The molecule has 0 N–H and O–H groups in total. The quantitative estimate of drug-likeness (QED) is 0.460. The highest BCUT2D eigenvalue weighted by atomic mass is 35.5. The van der Waals surface area contributed by atoms with Gasteiger partial charge in [-0.1, -0.05) is 46.6 Å². The maximum atomic E-state index is 12.6. The first kappa shape index (κ1) is 18.5. The van der Waals surface area contributed by atoms with E-state index in [0.29, 0.717) is 22.2 Å². The van der Waals surface area contributed by atoms with E-state index in [4.69, 9.17) is 20.5 Å². The molecule has 0 bridgehead atoms. The summed E-state index contributed by atoms with van der Waals surface area (Å²) in [6.07, 6.45) is 0. The Morgan fingerprint density at radius 1 is 1.04 bits per heavy atom. The van der Waals surface area contributed by atoms with Crippen LogP contribution in [0.25, 0.3) is 23.0 Å². The Kier molecular flexibility index (Phi) is 4.78. The van der Waals surface area contributed by atoms with Crippen molar-refractivity contribution in [3.8, 4) is 23.0 Å². The van der Waals surface area contributed by atoms with E-state index in [2.05, 4.69) is 10.1 Å². The molecular weight excluding hydrogens is 400 g/mol. The predicted molar refractivity (Wildman–Crippen MR) is 105 cm³/mol. The lowest BCUT2D eigenvalue weighted by molar-refractivity contribution is 0.413. The van der Waals surface area contributed by atoms with Crippen LogP contribution in [0.15, 0.2) is 74.5 Å². The van der Waals surface area contributed by atoms with Crippen LogP contribution in [0.1, 0.15) is 11.3 Å². The second-order valence-electron chi connectivity index (χ2n) is 6.27. The third-order valence-corrected chi connectivity index (χ3v) is 5.98. The Balaban J connectivity index is 1.56. The van der Waals surface area contributed by atoms with E-state index in [1.165, 1.54) is 0 Å². The lowest BCUT2D eigenvalue weighted by Crippen LogP contribution is -2.04. The molecule has 0 amide bonds. The molecular formula is C20H15ClN2O4S. The fourth-order valence-electron chi connectivity index (χ4n) is 2.66. The maximum absolute atomic E-state index is 12.6. The molecule has 0 unspecified atom stereocenters. The zero-order chi connectivity index (χ0) is 19.7. The Hall–Kier alpha value is -2.90. The molecule has 0 aliphatic rings. The number of aryl methyl sites for hydroxylation is 1. The summed E-state index contributed by atoms with van der Waals surface area (Å²) < 4.78 is 36.0. The van der Waals surface area contributed by atoms with E-state index >= 15 is 0 Å². The number of benzene rings is 2. The van der Waals surface area contributed by atoms with E-state index in [9.17, 15) is 8.42 Å². The van der Waals surface area contributed by atoms with E-state index in [0.717, 1.165) is 5.56 Å². The first-order chi connectivity index (χ1) is 13.4. The number of hydrogen-bond acceptors (Lipinski definition) is 6. The molecule has 2 aromatic heterocycles. The fourth-order valence-corrected chi connectivity index (χ4v) is 4.09. The Bertz CT molecular complexity index is 1230. The van der Waals surface area contributed by atoms with Gasteiger partial charge in [0.1, 0.15) is 11.5 Å². The van der Waals surface area contributed by atoms with Gasteiger partial charge in [0.05, 0.1) is 4.90 Å². The Labute approximate surface area is 166 Å². The second kappa shape index (κ2) is 7.26. The van der Waals surface area contributed by atoms with Gasteiger partial charge in [-0.2, -0.15) is 4.98 Å². The number of aromatic nitrogens is 2. The van der Waals surface area contributed by atoms with Gasteiger partial charge in [-0.15, -0.1) is 0 Å². The van der Waals surface area contributed by atoms with Crippen LogP contribution in [-0.2, 0) is 15.6 Å². The van der Waals surface area contributed by atoms with Crippen molar-refractivity contribution in [3.63, 3.8) is 0 Å². The van der Waals surface area contributed by atoms with Crippen molar-refractivity contribution in [1.82, 2.24) is 10.1 Å². The molecule has 4 aromatic rings. The highest BCUT2D eigenvalue weighted by Gasteiger charge is 2.20. The summed E-state index contributed by atoms with van der Waals surface area (Å²) in [5.41, 5.74) is 1.70. The summed E-state index contributed by atoms with van der Waals surface area (Å²) in [4.78, 5) is 4.54. The van der Waals surface area contributed by atoms with E-state index in [1.807, 2.05) is 13.0 Å². The molecule has 28 heavy (non-hydrogen) atoms. The van der Waals surface area contributed by atoms with Crippen molar-refractivity contribution in [3.05, 3.63) is 77.0 Å². The standard InChI is InChI=1S/C20H15ClN2O4S/c1-13-5-8-17(9-6-13)28(24,25)12-16-7-10-18(26-16)20-22-19(23-27-20)14-3-2-4-15(21)11-14/h2-11H,12H2,1H3. The zero-order valence-electron chi connectivity index (χ0n) is 14.8. The maximum Gasteiger partial charge on any atom is 0.293 e. The minimum atomic E-state index is -3.52. The van der Waals surface area contributed by atoms with Crippen LogP contribution < -0.4 is 0 Å². The van der Waals surface area contributed by atoms with Crippen molar-refractivity contribution in [2.45, 2.75) is 17.6 Å². The molecule has 8 heteroatoms. The SMILES string of the molecule is Cc1ccc(S(=O)(=O)Cc2ccc(-c3nc(-c4cccc(Cl)c4)no3)o2)cc1. The highest BCUT2D eigenvalue weighted by Crippen LogP contribution is 2.27. The van der Waals surface area contributed by atoms with Gasteiger partial charge in [0.15, 0.2) is 15.6 Å². The monoisotopic (exact) mass is 414 g/mol. The van der Waals surface area contributed by atoms with Crippen molar-refractivity contribution in [2.75, 3.05) is 0 Å². The third-order valence-electron chi connectivity index (χ3n) is 4.09. The molecule has 142 valence electrons. The van der Waals surface area contributed by atoms with Gasteiger partial charge in [0, 0.05) is 10.6 Å². The molecule has 2 heterocycles. The van der Waals surface area contributed by atoms with Crippen molar-refractivity contribution < 1.29 is 17.4 Å². The number of rotatable bonds is 5. The number of hydrogen-bond donors (Lipinski definition) is 0. The lowest BCUT2D eigenvalue weighted by atomic mass is 10.2. The summed E-state index contributed by atoms with van der Waals surface area (Å²) in [6, 6.07) is 17.0. The molecule has 0 atom stereocenters. The first-order valence-electron chi connectivity index (χ1n) is 8.39. The molecule has 0 aliphatic carbocycles. The van der Waals surface area contributed by atoms with Crippen LogP contribution in [0.4, 0.5) is 0 Å². The molecule has 0 aliphatic heterocycles. The molecule has 0 saturated carbocycles. The number of halogens is 1. The normalized spacial score (nSPS) is 11.6. The average molecular weight is 415 g/mol. The van der Waals surface area contributed by atoms with Gasteiger partial charge in [-0.25, -0.2) is 8.42 Å². The van der Waals surface area contributed by atoms with Gasteiger partial charge in [-0.05, 0) is 43.3 Å². The van der Waals surface area contributed by atoms with E-state index < -0.39 is 9.84 Å². The first-order valence-corrected chi connectivity index (χ1v) is 10.4. The molecule has 0 saturated heterocycles. The van der Waals surface area contributed by atoms with Gasteiger partial charge in [0.2, 0.25) is 5.82 Å². The molecule has 6 nitrogen and oxygen atoms in total. The van der Waals surface area contributed by atoms with Crippen LogP contribution in [-0.4, -0.2) is 18.6 Å².